The largest absolute Gasteiger partial charge is 0.456 e. The van der Waals surface area contributed by atoms with Crippen LogP contribution in [0.15, 0.2) is 59.0 Å². The summed E-state index contributed by atoms with van der Waals surface area (Å²) in [5.41, 5.74) is 9.74. The van der Waals surface area contributed by atoms with Crippen LogP contribution in [0.25, 0.3) is 55.1 Å². The molecule has 2 aliphatic heterocycles. The van der Waals surface area contributed by atoms with Gasteiger partial charge < -0.3 is 8.98 Å². The average molecular weight is 367 g/mol. The van der Waals surface area contributed by atoms with Crippen LogP contribution in [0.1, 0.15) is 26.7 Å². The van der Waals surface area contributed by atoms with Crippen LogP contribution >= 0.6 is 0 Å². The maximum atomic E-state index is 6.43. The third-order valence-corrected chi connectivity index (χ3v) is 6.06. The van der Waals surface area contributed by atoms with E-state index in [-0.39, 0.29) is 0 Å². The van der Waals surface area contributed by atoms with Crippen molar-refractivity contribution in [3.8, 4) is 11.1 Å². The van der Waals surface area contributed by atoms with Gasteiger partial charge in [0.05, 0.1) is 27.4 Å². The van der Waals surface area contributed by atoms with Crippen LogP contribution in [0.5, 0.6) is 0 Å². The maximum Gasteiger partial charge on any atom is 0.217 e. The fourth-order valence-corrected chi connectivity index (χ4v) is 5.08. The molecule has 0 fully saturated rings. The van der Waals surface area contributed by atoms with Gasteiger partial charge in [0.1, 0.15) is 17.7 Å². The molecule has 0 saturated carbocycles. The maximum absolute atomic E-state index is 6.43. The first kappa shape index (κ1) is 15.9. The SMILES string of the molecule is CCCn1c2cccc3oc4cccc5c4c(c4c1cccc4[n+]5CCC)-c32. The molecule has 0 radical (unpaired) electrons. The first-order valence-corrected chi connectivity index (χ1v) is 10.3. The monoisotopic (exact) mass is 367 g/mol. The summed E-state index contributed by atoms with van der Waals surface area (Å²) in [7, 11) is 0. The minimum atomic E-state index is 0.975. The lowest BCUT2D eigenvalue weighted by atomic mass is 9.90. The molecule has 0 aliphatic carbocycles. The van der Waals surface area contributed by atoms with Crippen molar-refractivity contribution in [1.82, 2.24) is 4.57 Å². The molecular weight excluding hydrogens is 344 g/mol. The highest BCUT2D eigenvalue weighted by Gasteiger charge is 2.30. The summed E-state index contributed by atoms with van der Waals surface area (Å²) >= 11 is 0. The van der Waals surface area contributed by atoms with Crippen molar-refractivity contribution < 1.29 is 8.98 Å². The molecule has 3 nitrogen and oxygen atoms in total. The van der Waals surface area contributed by atoms with E-state index in [1.54, 1.807) is 0 Å². The molecule has 4 aromatic rings. The van der Waals surface area contributed by atoms with Crippen molar-refractivity contribution in [3.05, 3.63) is 54.6 Å². The first-order chi connectivity index (χ1) is 13.8. The molecule has 3 heteroatoms. The van der Waals surface area contributed by atoms with Crippen molar-refractivity contribution in [2.75, 3.05) is 0 Å². The molecule has 1 aromatic heterocycles. The van der Waals surface area contributed by atoms with E-state index >= 15 is 0 Å². The normalized spacial score (nSPS) is 12.5. The first-order valence-electron chi connectivity index (χ1n) is 10.3. The number of hydrogen-bond donors (Lipinski definition) is 0. The molecule has 0 bridgehead atoms. The predicted molar refractivity (Wildman–Crippen MR) is 115 cm³/mol. The Morgan fingerprint density at radius 3 is 2.29 bits per heavy atom. The van der Waals surface area contributed by atoms with E-state index in [4.69, 9.17) is 4.42 Å². The van der Waals surface area contributed by atoms with E-state index in [0.29, 0.717) is 0 Å². The summed E-state index contributed by atoms with van der Waals surface area (Å²) < 4.78 is 11.4. The van der Waals surface area contributed by atoms with Crippen LogP contribution in [-0.2, 0) is 13.1 Å². The van der Waals surface area contributed by atoms with Gasteiger partial charge in [-0.1, -0.05) is 32.0 Å². The molecular formula is C25H23N2O+. The highest BCUT2D eigenvalue weighted by molar-refractivity contribution is 6.23. The Morgan fingerprint density at radius 1 is 0.750 bits per heavy atom. The Hall–Kier alpha value is -3.07. The van der Waals surface area contributed by atoms with Gasteiger partial charge in [-0.05, 0) is 30.7 Å². The summed E-state index contributed by atoms with van der Waals surface area (Å²) in [4.78, 5) is 0. The Morgan fingerprint density at radius 2 is 1.46 bits per heavy atom. The lowest BCUT2D eigenvalue weighted by Gasteiger charge is -2.24. The number of hydrogen-bond acceptors (Lipinski definition) is 1. The lowest BCUT2D eigenvalue weighted by molar-refractivity contribution is -0.645. The number of nitrogens with zero attached hydrogens (tertiary/aromatic N) is 2. The van der Waals surface area contributed by atoms with Crippen LogP contribution < -0.4 is 4.57 Å². The minimum absolute atomic E-state index is 0.975. The van der Waals surface area contributed by atoms with Gasteiger partial charge in [-0.15, -0.1) is 0 Å². The fraction of sp³-hybridized carbons (Fsp3) is 0.240. The van der Waals surface area contributed by atoms with Gasteiger partial charge >= 0.3 is 0 Å². The van der Waals surface area contributed by atoms with E-state index in [0.717, 1.165) is 37.1 Å². The highest BCUT2D eigenvalue weighted by Crippen LogP contribution is 2.46. The highest BCUT2D eigenvalue weighted by atomic mass is 16.3. The summed E-state index contributed by atoms with van der Waals surface area (Å²) in [6.45, 7) is 6.50. The molecule has 0 atom stereocenters. The zero-order chi connectivity index (χ0) is 18.8. The molecule has 0 spiro atoms. The second-order valence-corrected chi connectivity index (χ2v) is 7.75. The van der Waals surface area contributed by atoms with E-state index in [1.807, 2.05) is 0 Å². The van der Waals surface area contributed by atoms with Gasteiger partial charge in [0.15, 0.2) is 0 Å². The summed E-state index contributed by atoms with van der Waals surface area (Å²) in [5.74, 6) is 0. The minimum Gasteiger partial charge on any atom is -0.456 e. The van der Waals surface area contributed by atoms with Crippen LogP contribution in [0.2, 0.25) is 0 Å². The van der Waals surface area contributed by atoms with Crippen LogP contribution in [0.3, 0.4) is 0 Å². The van der Waals surface area contributed by atoms with Gasteiger partial charge in [-0.2, -0.15) is 4.57 Å². The molecule has 2 aliphatic rings. The number of aryl methyl sites for hydroxylation is 2. The van der Waals surface area contributed by atoms with Crippen LogP contribution in [-0.4, -0.2) is 4.57 Å². The third-order valence-electron chi connectivity index (χ3n) is 6.06. The molecule has 0 saturated heterocycles. The van der Waals surface area contributed by atoms with Gasteiger partial charge in [0.25, 0.3) is 0 Å². The Labute approximate surface area is 163 Å². The smallest absolute Gasteiger partial charge is 0.217 e. The van der Waals surface area contributed by atoms with Gasteiger partial charge in [-0.3, -0.25) is 0 Å². The molecule has 3 heterocycles. The summed E-state index contributed by atoms with van der Waals surface area (Å²) in [6, 6.07) is 19.7. The van der Waals surface area contributed by atoms with Gasteiger partial charge in [0, 0.05) is 30.7 Å². The van der Waals surface area contributed by atoms with Crippen molar-refractivity contribution in [1.29, 1.82) is 0 Å². The zero-order valence-electron chi connectivity index (χ0n) is 16.3. The number of benzene rings is 3. The number of aromatic nitrogens is 2. The van der Waals surface area contributed by atoms with Crippen molar-refractivity contribution in [2.24, 2.45) is 0 Å². The quantitative estimate of drug-likeness (QED) is 0.202. The molecule has 3 aromatic carbocycles. The molecule has 0 N–H and O–H groups in total. The number of pyridine rings is 2. The van der Waals surface area contributed by atoms with E-state index in [1.165, 1.54) is 44.0 Å². The Bertz CT molecular complexity index is 1440. The Balaban J connectivity index is 2.02. The molecule has 0 unspecified atom stereocenters. The fourth-order valence-electron chi connectivity index (χ4n) is 5.08. The van der Waals surface area contributed by atoms with Crippen LogP contribution in [0, 0.1) is 0 Å². The average Bonchev–Trinajstić information content (AvgIpc) is 2.73. The van der Waals surface area contributed by atoms with E-state index in [2.05, 4.69) is 77.6 Å². The van der Waals surface area contributed by atoms with Crippen molar-refractivity contribution >= 4 is 44.0 Å². The van der Waals surface area contributed by atoms with E-state index < -0.39 is 0 Å². The van der Waals surface area contributed by atoms with Gasteiger partial charge in [0.2, 0.25) is 11.0 Å². The second-order valence-electron chi connectivity index (χ2n) is 7.75. The predicted octanol–water partition coefficient (Wildman–Crippen LogP) is 6.34. The molecule has 0 amide bonds. The summed E-state index contributed by atoms with van der Waals surface area (Å²) in [5, 5.41) is 2.62. The third kappa shape index (κ3) is 1.86. The lowest BCUT2D eigenvalue weighted by Crippen LogP contribution is -2.36. The molecule has 28 heavy (non-hydrogen) atoms. The topological polar surface area (TPSA) is 21.9 Å². The van der Waals surface area contributed by atoms with Crippen molar-refractivity contribution in [3.63, 3.8) is 0 Å². The summed E-state index contributed by atoms with van der Waals surface area (Å²) in [6.07, 6.45) is 2.20. The van der Waals surface area contributed by atoms with E-state index in [9.17, 15) is 0 Å². The second kappa shape index (κ2) is 5.71. The Kier molecular flexibility index (Phi) is 3.25. The standard InChI is InChI=1S/C25H23N2O/c1-3-14-26-16-8-5-9-17-22(16)25-23-18(26)10-6-12-20(23)28-21-13-7-11-19(24(21)25)27(17)15-4-2/h5-13H,3-4,14-15H2,1-2H3/q+1. The zero-order valence-corrected chi connectivity index (χ0v) is 16.3. The van der Waals surface area contributed by atoms with Gasteiger partial charge in [-0.25, -0.2) is 0 Å². The number of rotatable bonds is 4. The molecule has 6 rings (SSSR count). The van der Waals surface area contributed by atoms with Crippen LogP contribution in [0.4, 0.5) is 0 Å². The van der Waals surface area contributed by atoms with Crippen molar-refractivity contribution in [2.45, 2.75) is 39.8 Å². The molecule has 138 valence electrons.